The summed E-state index contributed by atoms with van der Waals surface area (Å²) >= 11 is 1.39. The Hall–Kier alpha value is -1.88. The van der Waals surface area contributed by atoms with Gasteiger partial charge in [0.25, 0.3) is 0 Å². The number of hydrogen-bond donors (Lipinski definition) is 1. The third-order valence-electron chi connectivity index (χ3n) is 4.33. The van der Waals surface area contributed by atoms with Crippen molar-refractivity contribution in [1.29, 1.82) is 0 Å². The molecule has 1 aliphatic rings. The summed E-state index contributed by atoms with van der Waals surface area (Å²) in [5.41, 5.74) is 0. The first-order valence-electron chi connectivity index (χ1n) is 8.47. The van der Waals surface area contributed by atoms with Gasteiger partial charge >= 0.3 is 5.97 Å². The lowest BCUT2D eigenvalue weighted by Gasteiger charge is -2.29. The van der Waals surface area contributed by atoms with Crippen LogP contribution in [0.15, 0.2) is 44.8 Å². The van der Waals surface area contributed by atoms with Crippen LogP contribution in [0.25, 0.3) is 0 Å². The minimum atomic E-state index is -3.50. The molecule has 0 aromatic carbocycles. The van der Waals surface area contributed by atoms with Crippen molar-refractivity contribution in [3.63, 3.8) is 0 Å². The van der Waals surface area contributed by atoms with Crippen molar-refractivity contribution < 1.29 is 27.3 Å². The number of esters is 1. The van der Waals surface area contributed by atoms with Crippen molar-refractivity contribution in [2.75, 3.05) is 40.3 Å². The SMILES string of the molecule is COC(=O)c1ccc(CSc2ccc(S(=O)(=O)N3CC[NH+](C)CC3)cn2)o1. The zero-order chi connectivity index (χ0) is 19.4. The van der Waals surface area contributed by atoms with Crippen molar-refractivity contribution in [3.8, 4) is 0 Å². The maximum Gasteiger partial charge on any atom is 0.373 e. The van der Waals surface area contributed by atoms with Crippen molar-refractivity contribution in [2.45, 2.75) is 15.7 Å². The Labute approximate surface area is 162 Å². The molecule has 0 spiro atoms. The van der Waals surface area contributed by atoms with E-state index in [1.807, 2.05) is 0 Å². The molecule has 1 N–H and O–H groups in total. The highest BCUT2D eigenvalue weighted by Gasteiger charge is 2.29. The van der Waals surface area contributed by atoms with E-state index in [2.05, 4.69) is 16.8 Å². The fourth-order valence-corrected chi connectivity index (χ4v) is 4.80. The Bertz CT molecular complexity index is 888. The summed E-state index contributed by atoms with van der Waals surface area (Å²) in [4.78, 5) is 17.2. The number of methoxy groups -OCH3 is 1. The molecule has 0 saturated carbocycles. The number of quaternary nitrogens is 1. The second-order valence-corrected chi connectivity index (χ2v) is 9.17. The molecule has 1 aliphatic heterocycles. The van der Waals surface area contributed by atoms with Crippen molar-refractivity contribution in [2.24, 2.45) is 0 Å². The Morgan fingerprint density at radius 2 is 2.04 bits per heavy atom. The van der Waals surface area contributed by atoms with Gasteiger partial charge in [-0.25, -0.2) is 18.2 Å². The summed E-state index contributed by atoms with van der Waals surface area (Å²) in [5, 5.41) is 0.674. The van der Waals surface area contributed by atoms with Crippen molar-refractivity contribution >= 4 is 27.8 Å². The summed E-state index contributed by atoms with van der Waals surface area (Å²) in [5.74, 6) is 0.705. The lowest BCUT2D eigenvalue weighted by Crippen LogP contribution is -3.12. The molecule has 0 bridgehead atoms. The Morgan fingerprint density at radius 1 is 1.30 bits per heavy atom. The van der Waals surface area contributed by atoms with E-state index in [0.29, 0.717) is 29.6 Å². The molecule has 10 heteroatoms. The standard InChI is InChI=1S/C17H21N3O5S2/c1-19-7-9-20(10-8-19)27(22,23)14-4-6-16(18-11-14)26-12-13-3-5-15(25-13)17(21)24-2/h3-6,11H,7-10,12H2,1-2H3/p+1. The molecule has 1 fully saturated rings. The Balaban J connectivity index is 1.61. The number of thioether (sulfide) groups is 1. The first-order chi connectivity index (χ1) is 12.9. The molecule has 0 unspecified atom stereocenters. The van der Waals surface area contributed by atoms with Crippen molar-refractivity contribution in [1.82, 2.24) is 9.29 Å². The highest BCUT2D eigenvalue weighted by Crippen LogP contribution is 2.24. The fraction of sp³-hybridized carbons (Fsp3) is 0.412. The van der Waals surface area contributed by atoms with Crippen molar-refractivity contribution in [3.05, 3.63) is 42.0 Å². The van der Waals surface area contributed by atoms with Crippen LogP contribution >= 0.6 is 11.8 Å². The zero-order valence-corrected chi connectivity index (χ0v) is 16.8. The molecule has 146 valence electrons. The molecule has 2 aromatic rings. The van der Waals surface area contributed by atoms with Crippen LogP contribution in [0.4, 0.5) is 0 Å². The summed E-state index contributed by atoms with van der Waals surface area (Å²) in [6, 6.07) is 6.52. The van der Waals surface area contributed by atoms with Gasteiger partial charge in [0.15, 0.2) is 0 Å². The minimum Gasteiger partial charge on any atom is -0.463 e. The number of hydrogen-bond acceptors (Lipinski definition) is 7. The number of nitrogens with zero attached hydrogens (tertiary/aromatic N) is 2. The van der Waals surface area contributed by atoms with E-state index < -0.39 is 16.0 Å². The van der Waals surface area contributed by atoms with E-state index in [1.165, 1.54) is 34.3 Å². The number of aromatic nitrogens is 1. The lowest BCUT2D eigenvalue weighted by molar-refractivity contribution is -0.883. The third-order valence-corrected chi connectivity index (χ3v) is 7.18. The van der Waals surface area contributed by atoms with Gasteiger partial charge in [-0.15, -0.1) is 0 Å². The highest BCUT2D eigenvalue weighted by molar-refractivity contribution is 7.98. The van der Waals surface area contributed by atoms with Crippen LogP contribution in [-0.2, 0) is 20.5 Å². The van der Waals surface area contributed by atoms with Gasteiger partial charge in [0.2, 0.25) is 15.8 Å². The number of carbonyl (C=O) groups excluding carboxylic acids is 1. The maximum atomic E-state index is 12.7. The monoisotopic (exact) mass is 412 g/mol. The zero-order valence-electron chi connectivity index (χ0n) is 15.2. The van der Waals surface area contributed by atoms with E-state index in [4.69, 9.17) is 4.42 Å². The van der Waals surface area contributed by atoms with Gasteiger partial charge in [-0.05, 0) is 24.3 Å². The number of carbonyl (C=O) groups is 1. The molecule has 0 aliphatic carbocycles. The van der Waals surface area contributed by atoms with Crippen LogP contribution in [0.3, 0.4) is 0 Å². The summed E-state index contributed by atoms with van der Waals surface area (Å²) in [6.45, 7) is 2.64. The van der Waals surface area contributed by atoms with Crippen LogP contribution in [0.2, 0.25) is 0 Å². The number of ether oxygens (including phenoxy) is 1. The molecule has 2 aromatic heterocycles. The van der Waals surface area contributed by atoms with Gasteiger partial charge in [-0.3, -0.25) is 0 Å². The predicted molar refractivity (Wildman–Crippen MR) is 99.2 cm³/mol. The van der Waals surface area contributed by atoms with Gasteiger partial charge in [-0.1, -0.05) is 11.8 Å². The molecule has 27 heavy (non-hydrogen) atoms. The number of nitrogens with one attached hydrogen (secondary N) is 1. The second-order valence-electron chi connectivity index (χ2n) is 6.24. The number of pyridine rings is 1. The number of rotatable bonds is 6. The van der Waals surface area contributed by atoms with E-state index in [9.17, 15) is 13.2 Å². The summed E-state index contributed by atoms with van der Waals surface area (Å²) < 4.78 is 36.9. The molecular formula is C17H22N3O5S2+. The summed E-state index contributed by atoms with van der Waals surface area (Å²) in [7, 11) is -0.146. The fourth-order valence-electron chi connectivity index (χ4n) is 2.67. The quantitative estimate of drug-likeness (QED) is 0.538. The average Bonchev–Trinajstić information content (AvgIpc) is 3.15. The van der Waals surface area contributed by atoms with Crippen LogP contribution in [0.5, 0.6) is 0 Å². The number of likely N-dealkylation sites (N-methyl/N-ethyl adjacent to an activating group) is 1. The summed E-state index contributed by atoms with van der Waals surface area (Å²) in [6.07, 6.45) is 1.39. The predicted octanol–water partition coefficient (Wildman–Crippen LogP) is 0.273. The van der Waals surface area contributed by atoms with Crippen LogP contribution in [-0.4, -0.2) is 64.0 Å². The minimum absolute atomic E-state index is 0.150. The van der Waals surface area contributed by atoms with E-state index in [1.54, 1.807) is 24.3 Å². The molecule has 3 heterocycles. The van der Waals surface area contributed by atoms with Gasteiger partial charge < -0.3 is 14.1 Å². The molecule has 3 rings (SSSR count). The smallest absolute Gasteiger partial charge is 0.373 e. The first-order valence-corrected chi connectivity index (χ1v) is 10.9. The normalized spacial score (nSPS) is 16.4. The molecule has 1 saturated heterocycles. The first kappa shape index (κ1) is 19.9. The number of piperazine rings is 1. The van der Waals surface area contributed by atoms with Crippen LogP contribution < -0.4 is 4.90 Å². The van der Waals surface area contributed by atoms with Gasteiger partial charge in [0.05, 0.1) is 51.1 Å². The lowest BCUT2D eigenvalue weighted by atomic mass is 10.4. The molecule has 0 atom stereocenters. The molecule has 8 nitrogen and oxygen atoms in total. The number of sulfonamides is 1. The number of furan rings is 1. The van der Waals surface area contributed by atoms with Crippen LogP contribution in [0, 0.1) is 0 Å². The van der Waals surface area contributed by atoms with Gasteiger partial charge in [0, 0.05) is 6.20 Å². The molecule has 0 amide bonds. The van der Waals surface area contributed by atoms with Crippen LogP contribution in [0.1, 0.15) is 16.3 Å². The highest BCUT2D eigenvalue weighted by atomic mass is 32.2. The largest absolute Gasteiger partial charge is 0.463 e. The molecule has 0 radical (unpaired) electrons. The van der Waals surface area contributed by atoms with E-state index in [0.717, 1.165) is 13.1 Å². The van der Waals surface area contributed by atoms with E-state index in [-0.39, 0.29) is 10.7 Å². The van der Waals surface area contributed by atoms with E-state index >= 15 is 0 Å². The molecular weight excluding hydrogens is 390 g/mol. The average molecular weight is 413 g/mol. The Kier molecular flexibility index (Phi) is 6.20. The van der Waals surface area contributed by atoms with Gasteiger partial charge in [-0.2, -0.15) is 4.31 Å². The van der Waals surface area contributed by atoms with Gasteiger partial charge in [0.1, 0.15) is 10.7 Å². The maximum absolute atomic E-state index is 12.7. The third kappa shape index (κ3) is 4.70. The second kappa shape index (κ2) is 8.42. The Morgan fingerprint density at radius 3 is 2.67 bits per heavy atom. The topological polar surface area (TPSA) is 94.2 Å².